The SMILES string of the molecule is Cl.NCCN(CCc1ccccc1)S(=O)(=O)c1ccc([N+](=O)[O-])cc1Cl. The van der Waals surface area contributed by atoms with Crippen LogP contribution in [0.1, 0.15) is 5.56 Å². The van der Waals surface area contributed by atoms with Gasteiger partial charge in [0, 0.05) is 31.8 Å². The molecule has 0 aliphatic carbocycles. The summed E-state index contributed by atoms with van der Waals surface area (Å²) in [5.74, 6) is 0. The molecule has 0 fully saturated rings. The molecule has 0 spiro atoms. The molecule has 2 aromatic rings. The molecule has 2 N–H and O–H groups in total. The molecule has 0 aromatic heterocycles. The van der Waals surface area contributed by atoms with E-state index in [2.05, 4.69) is 0 Å². The Bertz CT molecular complexity index is 848. The van der Waals surface area contributed by atoms with Crippen molar-refractivity contribution in [3.63, 3.8) is 0 Å². The van der Waals surface area contributed by atoms with Gasteiger partial charge in [-0.2, -0.15) is 4.31 Å². The zero-order chi connectivity index (χ0) is 18.4. The normalized spacial score (nSPS) is 11.2. The minimum absolute atomic E-state index is 0. The second-order valence-corrected chi connectivity index (χ2v) is 7.61. The molecule has 10 heteroatoms. The van der Waals surface area contributed by atoms with Crippen LogP contribution in [0.2, 0.25) is 5.02 Å². The number of benzene rings is 2. The molecule has 0 amide bonds. The average Bonchev–Trinajstić information content (AvgIpc) is 2.59. The quantitative estimate of drug-likeness (QED) is 0.522. The van der Waals surface area contributed by atoms with Gasteiger partial charge in [-0.1, -0.05) is 41.9 Å². The molecule has 0 unspecified atom stereocenters. The van der Waals surface area contributed by atoms with Gasteiger partial charge < -0.3 is 5.73 Å². The fourth-order valence-corrected chi connectivity index (χ4v) is 4.31. The van der Waals surface area contributed by atoms with E-state index in [1.165, 1.54) is 4.31 Å². The highest BCUT2D eigenvalue weighted by Crippen LogP contribution is 2.28. The molecule has 0 bridgehead atoms. The number of halogens is 2. The number of hydrogen-bond donors (Lipinski definition) is 1. The molecule has 26 heavy (non-hydrogen) atoms. The molecule has 2 aromatic carbocycles. The first kappa shape index (κ1) is 22.3. The van der Waals surface area contributed by atoms with E-state index in [1.54, 1.807) is 0 Å². The van der Waals surface area contributed by atoms with Gasteiger partial charge >= 0.3 is 0 Å². The summed E-state index contributed by atoms with van der Waals surface area (Å²) in [5, 5.41) is 10.6. The van der Waals surface area contributed by atoms with E-state index in [0.29, 0.717) is 6.42 Å². The largest absolute Gasteiger partial charge is 0.329 e. The van der Waals surface area contributed by atoms with Crippen molar-refractivity contribution in [2.75, 3.05) is 19.6 Å². The number of nitrogens with zero attached hydrogens (tertiary/aromatic N) is 2. The summed E-state index contributed by atoms with van der Waals surface area (Å²) in [6.07, 6.45) is 0.519. The maximum Gasteiger partial charge on any atom is 0.271 e. The third-order valence-corrected chi connectivity index (χ3v) is 6.00. The molecule has 7 nitrogen and oxygen atoms in total. The van der Waals surface area contributed by atoms with Crippen molar-refractivity contribution in [2.24, 2.45) is 5.73 Å². The minimum Gasteiger partial charge on any atom is -0.329 e. The molecular formula is C16H19Cl2N3O4S. The Morgan fingerprint density at radius 1 is 1.12 bits per heavy atom. The molecule has 2 rings (SSSR count). The maximum atomic E-state index is 12.9. The van der Waals surface area contributed by atoms with Gasteiger partial charge in [0.1, 0.15) is 4.90 Å². The number of nitro benzene ring substituents is 1. The maximum absolute atomic E-state index is 12.9. The summed E-state index contributed by atoms with van der Waals surface area (Å²) in [4.78, 5) is 9.99. The molecule has 142 valence electrons. The summed E-state index contributed by atoms with van der Waals surface area (Å²) in [5.41, 5.74) is 6.28. The van der Waals surface area contributed by atoms with Crippen molar-refractivity contribution in [2.45, 2.75) is 11.3 Å². The minimum atomic E-state index is -3.91. The van der Waals surface area contributed by atoms with Gasteiger partial charge in [-0.25, -0.2) is 8.42 Å². The molecule has 0 saturated heterocycles. The average molecular weight is 420 g/mol. The first-order valence-electron chi connectivity index (χ1n) is 7.54. The third-order valence-electron chi connectivity index (χ3n) is 3.62. The van der Waals surface area contributed by atoms with Crippen LogP contribution in [0.25, 0.3) is 0 Å². The van der Waals surface area contributed by atoms with Crippen LogP contribution in [0.5, 0.6) is 0 Å². The second-order valence-electron chi connectivity index (χ2n) is 5.30. The number of nitrogens with two attached hydrogens (primary N) is 1. The van der Waals surface area contributed by atoms with E-state index in [9.17, 15) is 18.5 Å². The molecule has 0 atom stereocenters. The highest BCUT2D eigenvalue weighted by Gasteiger charge is 2.27. The lowest BCUT2D eigenvalue weighted by Crippen LogP contribution is -2.37. The fraction of sp³-hybridized carbons (Fsp3) is 0.250. The van der Waals surface area contributed by atoms with E-state index < -0.39 is 14.9 Å². The van der Waals surface area contributed by atoms with Gasteiger partial charge in [0.05, 0.1) is 9.95 Å². The lowest BCUT2D eigenvalue weighted by molar-refractivity contribution is -0.384. The van der Waals surface area contributed by atoms with Crippen molar-refractivity contribution in [3.05, 3.63) is 69.2 Å². The second kappa shape index (κ2) is 9.84. The van der Waals surface area contributed by atoms with E-state index in [0.717, 1.165) is 23.8 Å². The Morgan fingerprint density at radius 2 is 1.77 bits per heavy atom. The van der Waals surface area contributed by atoms with Gasteiger partial charge in [0.2, 0.25) is 10.0 Å². The topological polar surface area (TPSA) is 107 Å². The Labute approximate surface area is 163 Å². The molecule has 0 heterocycles. The van der Waals surface area contributed by atoms with Crippen LogP contribution in [0, 0.1) is 10.1 Å². The molecule has 0 aliphatic heterocycles. The van der Waals surface area contributed by atoms with Crippen molar-refractivity contribution in [1.82, 2.24) is 4.31 Å². The van der Waals surface area contributed by atoms with E-state index in [-0.39, 0.29) is 47.6 Å². The summed E-state index contributed by atoms with van der Waals surface area (Å²) in [7, 11) is -3.91. The van der Waals surface area contributed by atoms with Crippen LogP contribution in [0.15, 0.2) is 53.4 Å². The van der Waals surface area contributed by atoms with Gasteiger partial charge in [-0.05, 0) is 18.1 Å². The number of rotatable bonds is 8. The van der Waals surface area contributed by atoms with Crippen molar-refractivity contribution < 1.29 is 13.3 Å². The molecule has 0 radical (unpaired) electrons. The smallest absolute Gasteiger partial charge is 0.271 e. The predicted molar refractivity (Wildman–Crippen MR) is 103 cm³/mol. The van der Waals surface area contributed by atoms with E-state index in [4.69, 9.17) is 17.3 Å². The van der Waals surface area contributed by atoms with E-state index in [1.807, 2.05) is 30.3 Å². The number of hydrogen-bond acceptors (Lipinski definition) is 5. The van der Waals surface area contributed by atoms with Crippen LogP contribution in [-0.4, -0.2) is 37.3 Å². The van der Waals surface area contributed by atoms with E-state index >= 15 is 0 Å². The Kier molecular flexibility index (Phi) is 8.45. The van der Waals surface area contributed by atoms with Crippen LogP contribution in [0.3, 0.4) is 0 Å². The number of nitro groups is 1. The molecule has 0 aliphatic rings. The van der Waals surface area contributed by atoms with Crippen LogP contribution < -0.4 is 5.73 Å². The summed E-state index contributed by atoms with van der Waals surface area (Å²) in [6, 6.07) is 12.8. The van der Waals surface area contributed by atoms with Crippen molar-refractivity contribution in [3.8, 4) is 0 Å². The predicted octanol–water partition coefficient (Wildman–Crippen LogP) is 2.86. The van der Waals surface area contributed by atoms with Crippen molar-refractivity contribution >= 4 is 39.7 Å². The highest BCUT2D eigenvalue weighted by atomic mass is 35.5. The third kappa shape index (κ3) is 5.39. The Morgan fingerprint density at radius 3 is 2.31 bits per heavy atom. The van der Waals surface area contributed by atoms with Crippen LogP contribution >= 0.6 is 24.0 Å². The lowest BCUT2D eigenvalue weighted by Gasteiger charge is -2.22. The summed E-state index contributed by atoms with van der Waals surface area (Å²) in [6.45, 7) is 0.512. The summed E-state index contributed by atoms with van der Waals surface area (Å²) >= 11 is 5.98. The number of non-ortho nitro benzene ring substituents is 1. The van der Waals surface area contributed by atoms with Crippen molar-refractivity contribution in [1.29, 1.82) is 0 Å². The van der Waals surface area contributed by atoms with Crippen LogP contribution in [0.4, 0.5) is 5.69 Å². The Hall–Kier alpha value is -1.71. The van der Waals surface area contributed by atoms with Gasteiger partial charge in [0.25, 0.3) is 5.69 Å². The first-order valence-corrected chi connectivity index (χ1v) is 9.36. The molecular weight excluding hydrogens is 401 g/mol. The lowest BCUT2D eigenvalue weighted by atomic mass is 10.1. The monoisotopic (exact) mass is 419 g/mol. The van der Waals surface area contributed by atoms with Crippen LogP contribution in [-0.2, 0) is 16.4 Å². The van der Waals surface area contributed by atoms with Gasteiger partial charge in [0.15, 0.2) is 0 Å². The first-order chi connectivity index (χ1) is 11.9. The fourth-order valence-electron chi connectivity index (χ4n) is 2.35. The zero-order valence-electron chi connectivity index (χ0n) is 13.7. The Balaban J connectivity index is 0.00000338. The van der Waals surface area contributed by atoms with Gasteiger partial charge in [-0.15, -0.1) is 12.4 Å². The zero-order valence-corrected chi connectivity index (χ0v) is 16.1. The summed E-state index contributed by atoms with van der Waals surface area (Å²) < 4.78 is 27.0. The van der Waals surface area contributed by atoms with Gasteiger partial charge in [-0.3, -0.25) is 10.1 Å². The number of sulfonamides is 1. The highest BCUT2D eigenvalue weighted by molar-refractivity contribution is 7.89. The molecule has 0 saturated carbocycles. The standard InChI is InChI=1S/C16H18ClN3O4S.ClH/c17-15-12-14(20(21)22)6-7-16(15)25(23,24)19(11-9-18)10-8-13-4-2-1-3-5-13;/h1-7,12H,8-11,18H2;1H.